The molecule has 0 aromatic rings. The molecule has 6 heteroatoms. The number of alkyl carbamates (subject to hydrolysis) is 1. The van der Waals surface area contributed by atoms with Crippen LogP contribution in [-0.2, 0) is 14.3 Å². The number of amides is 2. The fourth-order valence-electron chi connectivity index (χ4n) is 1.11. The van der Waals surface area contributed by atoms with Gasteiger partial charge in [-0.1, -0.05) is 0 Å². The minimum Gasteiger partial charge on any atom is -0.444 e. The van der Waals surface area contributed by atoms with Crippen LogP contribution in [0.5, 0.6) is 0 Å². The molecule has 0 aromatic heterocycles. The molecule has 0 saturated heterocycles. The number of Topliss-reactive ketones (excluding diaryl/α,β-unsaturated/α-hetero) is 1. The summed E-state index contributed by atoms with van der Waals surface area (Å²) in [4.78, 5) is 33.3. The Labute approximate surface area is 101 Å². The van der Waals surface area contributed by atoms with E-state index in [0.29, 0.717) is 0 Å². The third-order valence-electron chi connectivity index (χ3n) is 1.86. The van der Waals surface area contributed by atoms with E-state index in [0.717, 1.165) is 0 Å². The first-order chi connectivity index (χ1) is 7.61. The normalized spacial score (nSPS) is 12.7. The van der Waals surface area contributed by atoms with E-state index >= 15 is 0 Å². The van der Waals surface area contributed by atoms with Crippen molar-refractivity contribution in [3.63, 3.8) is 0 Å². The molecule has 0 spiro atoms. The summed E-state index contributed by atoms with van der Waals surface area (Å²) in [7, 11) is 0. The van der Waals surface area contributed by atoms with E-state index in [4.69, 9.17) is 10.5 Å². The van der Waals surface area contributed by atoms with E-state index in [-0.39, 0.29) is 18.6 Å². The zero-order chi connectivity index (χ0) is 13.6. The van der Waals surface area contributed by atoms with Gasteiger partial charge < -0.3 is 15.8 Å². The van der Waals surface area contributed by atoms with Crippen molar-refractivity contribution < 1.29 is 19.1 Å². The predicted molar refractivity (Wildman–Crippen MR) is 62.3 cm³/mol. The van der Waals surface area contributed by atoms with Gasteiger partial charge in [0.05, 0.1) is 6.04 Å². The molecule has 0 bridgehead atoms. The number of hydrogen-bond donors (Lipinski definition) is 2. The van der Waals surface area contributed by atoms with Gasteiger partial charge in [-0.3, -0.25) is 9.59 Å². The minimum absolute atomic E-state index is 0.0417. The summed E-state index contributed by atoms with van der Waals surface area (Å²) in [5.74, 6) is -0.751. The molecule has 0 radical (unpaired) electrons. The van der Waals surface area contributed by atoms with E-state index in [1.807, 2.05) is 0 Å². The van der Waals surface area contributed by atoms with Crippen molar-refractivity contribution in [2.45, 2.75) is 52.2 Å². The number of rotatable bonds is 5. The lowest BCUT2D eigenvalue weighted by molar-refractivity contribution is -0.120. The minimum atomic E-state index is -0.739. The van der Waals surface area contributed by atoms with Gasteiger partial charge in [0.25, 0.3) is 0 Å². The molecule has 17 heavy (non-hydrogen) atoms. The summed E-state index contributed by atoms with van der Waals surface area (Å²) in [6.45, 7) is 6.50. The van der Waals surface area contributed by atoms with Gasteiger partial charge in [-0.15, -0.1) is 0 Å². The average molecular weight is 244 g/mol. The fraction of sp³-hybridized carbons (Fsp3) is 0.727. The summed E-state index contributed by atoms with van der Waals surface area (Å²) in [6, 6.07) is -0.739. The van der Waals surface area contributed by atoms with Crippen molar-refractivity contribution in [2.24, 2.45) is 5.73 Å². The van der Waals surface area contributed by atoms with Gasteiger partial charge in [-0.05, 0) is 34.1 Å². The first-order valence-electron chi connectivity index (χ1n) is 5.40. The molecule has 3 N–H and O–H groups in total. The Hall–Kier alpha value is -1.59. The number of ether oxygens (including phenoxy) is 1. The Morgan fingerprint density at radius 2 is 1.82 bits per heavy atom. The van der Waals surface area contributed by atoms with Crippen LogP contribution in [0.2, 0.25) is 0 Å². The Morgan fingerprint density at radius 3 is 2.18 bits per heavy atom. The highest BCUT2D eigenvalue weighted by Crippen LogP contribution is 2.07. The van der Waals surface area contributed by atoms with Crippen molar-refractivity contribution in [3.8, 4) is 0 Å². The van der Waals surface area contributed by atoms with E-state index < -0.39 is 23.6 Å². The van der Waals surface area contributed by atoms with Crippen LogP contribution >= 0.6 is 0 Å². The van der Waals surface area contributed by atoms with Crippen molar-refractivity contribution in [1.29, 1.82) is 0 Å². The molecule has 0 aromatic carbocycles. The molecule has 0 aliphatic heterocycles. The first kappa shape index (κ1) is 15.4. The largest absolute Gasteiger partial charge is 0.444 e. The SMILES string of the molecule is CC(=O)C(CCC(N)=O)NC(=O)OC(C)(C)C. The van der Waals surface area contributed by atoms with Crippen LogP contribution in [0.4, 0.5) is 4.79 Å². The second kappa shape index (κ2) is 6.22. The quantitative estimate of drug-likeness (QED) is 0.744. The zero-order valence-electron chi connectivity index (χ0n) is 10.7. The fourth-order valence-corrected chi connectivity index (χ4v) is 1.11. The van der Waals surface area contributed by atoms with Gasteiger partial charge in [-0.25, -0.2) is 4.79 Å². The standard InChI is InChI=1S/C11H20N2O4/c1-7(14)8(5-6-9(12)15)13-10(16)17-11(2,3)4/h8H,5-6H2,1-4H3,(H2,12,15)(H,13,16). The first-order valence-corrected chi connectivity index (χ1v) is 5.40. The molecule has 2 amide bonds. The molecule has 0 aliphatic rings. The number of primary amides is 1. The number of carbonyl (C=O) groups is 3. The van der Waals surface area contributed by atoms with Crippen LogP contribution < -0.4 is 11.1 Å². The molecule has 1 atom stereocenters. The third-order valence-corrected chi connectivity index (χ3v) is 1.86. The van der Waals surface area contributed by atoms with Crippen LogP contribution in [0.25, 0.3) is 0 Å². The molecule has 0 heterocycles. The van der Waals surface area contributed by atoms with Crippen molar-refractivity contribution in [2.75, 3.05) is 0 Å². The molecule has 0 fully saturated rings. The van der Waals surface area contributed by atoms with Gasteiger partial charge in [0.1, 0.15) is 5.60 Å². The molecule has 0 saturated carbocycles. The van der Waals surface area contributed by atoms with Gasteiger partial charge in [0.2, 0.25) is 5.91 Å². The van der Waals surface area contributed by atoms with Gasteiger partial charge in [-0.2, -0.15) is 0 Å². The maximum atomic E-state index is 11.4. The van der Waals surface area contributed by atoms with Gasteiger partial charge in [0.15, 0.2) is 5.78 Å². The van der Waals surface area contributed by atoms with Crippen molar-refractivity contribution >= 4 is 17.8 Å². The zero-order valence-corrected chi connectivity index (χ0v) is 10.7. The summed E-state index contributed by atoms with van der Waals surface area (Å²) >= 11 is 0. The topological polar surface area (TPSA) is 98.5 Å². The number of ketones is 1. The van der Waals surface area contributed by atoms with Crippen LogP contribution in [0.1, 0.15) is 40.5 Å². The van der Waals surface area contributed by atoms with Crippen molar-refractivity contribution in [1.82, 2.24) is 5.32 Å². The Bertz CT molecular complexity index is 307. The number of hydrogen-bond acceptors (Lipinski definition) is 4. The second-order valence-electron chi connectivity index (χ2n) is 4.81. The molecule has 0 aliphatic carbocycles. The summed E-state index contributed by atoms with van der Waals surface area (Å²) in [5.41, 5.74) is 4.35. The van der Waals surface area contributed by atoms with Gasteiger partial charge in [0, 0.05) is 6.42 Å². The Kier molecular flexibility index (Phi) is 5.64. The van der Waals surface area contributed by atoms with E-state index in [9.17, 15) is 14.4 Å². The van der Waals surface area contributed by atoms with E-state index in [2.05, 4.69) is 5.32 Å². The third kappa shape index (κ3) is 8.24. The lowest BCUT2D eigenvalue weighted by Gasteiger charge is -2.22. The summed E-state index contributed by atoms with van der Waals surface area (Å²) < 4.78 is 5.01. The van der Waals surface area contributed by atoms with Crippen LogP contribution in [0.15, 0.2) is 0 Å². The van der Waals surface area contributed by atoms with Crippen LogP contribution in [-0.4, -0.2) is 29.4 Å². The van der Waals surface area contributed by atoms with E-state index in [1.54, 1.807) is 20.8 Å². The molecular weight excluding hydrogens is 224 g/mol. The monoisotopic (exact) mass is 244 g/mol. The maximum absolute atomic E-state index is 11.4. The Morgan fingerprint density at radius 1 is 1.29 bits per heavy atom. The number of carbonyl (C=O) groups excluding carboxylic acids is 3. The molecule has 98 valence electrons. The predicted octanol–water partition coefficient (Wildman–Crippen LogP) is 0.734. The average Bonchev–Trinajstić information content (AvgIpc) is 2.08. The summed E-state index contributed by atoms with van der Waals surface area (Å²) in [5, 5.41) is 2.41. The van der Waals surface area contributed by atoms with Crippen molar-refractivity contribution in [3.05, 3.63) is 0 Å². The van der Waals surface area contributed by atoms with Gasteiger partial charge >= 0.3 is 6.09 Å². The lowest BCUT2D eigenvalue weighted by atomic mass is 10.1. The molecule has 6 nitrogen and oxygen atoms in total. The number of nitrogens with two attached hydrogens (primary N) is 1. The highest BCUT2D eigenvalue weighted by Gasteiger charge is 2.22. The number of nitrogens with one attached hydrogen (secondary N) is 1. The Balaban J connectivity index is 4.30. The molecule has 1 unspecified atom stereocenters. The lowest BCUT2D eigenvalue weighted by Crippen LogP contribution is -2.43. The highest BCUT2D eigenvalue weighted by atomic mass is 16.6. The second-order valence-corrected chi connectivity index (χ2v) is 4.81. The van der Waals surface area contributed by atoms with Crippen LogP contribution in [0, 0.1) is 0 Å². The summed E-state index contributed by atoms with van der Waals surface area (Å²) in [6.07, 6.45) is -0.452. The molecule has 0 rings (SSSR count). The maximum Gasteiger partial charge on any atom is 0.408 e. The van der Waals surface area contributed by atoms with E-state index in [1.165, 1.54) is 6.92 Å². The smallest absolute Gasteiger partial charge is 0.408 e. The molecular formula is C11H20N2O4. The van der Waals surface area contributed by atoms with Crippen LogP contribution in [0.3, 0.4) is 0 Å². The highest BCUT2D eigenvalue weighted by molar-refractivity contribution is 5.86.